The molecule has 4 aromatic carbocycles. The van der Waals surface area contributed by atoms with E-state index in [1.54, 1.807) is 0 Å². The van der Waals surface area contributed by atoms with Crippen molar-refractivity contribution in [1.29, 1.82) is 0 Å². The van der Waals surface area contributed by atoms with Crippen molar-refractivity contribution in [2.75, 3.05) is 0 Å². The van der Waals surface area contributed by atoms with Gasteiger partial charge in [-0.2, -0.15) is 0 Å². The molecule has 28 heavy (non-hydrogen) atoms. The lowest BCUT2D eigenvalue weighted by Gasteiger charge is -2.16. The molecule has 0 N–H and O–H groups in total. The molecule has 0 aliphatic rings. The maximum atomic E-state index is 14.1. The van der Waals surface area contributed by atoms with Crippen molar-refractivity contribution in [1.82, 2.24) is 0 Å². The number of hydrogen-bond acceptors (Lipinski definition) is 1. The number of ketones is 1. The molecule has 0 saturated heterocycles. The summed E-state index contributed by atoms with van der Waals surface area (Å²) in [5.41, 5.74) is 4.07. The van der Waals surface area contributed by atoms with Crippen LogP contribution in [0.25, 0.3) is 21.5 Å². The molecular weight excluding hydrogens is 340 g/mol. The molecule has 1 heteroatoms. The van der Waals surface area contributed by atoms with Crippen molar-refractivity contribution in [3.63, 3.8) is 0 Å². The first kappa shape index (κ1) is 18.4. The van der Waals surface area contributed by atoms with Gasteiger partial charge < -0.3 is 0 Å². The summed E-state index contributed by atoms with van der Waals surface area (Å²) in [6.07, 6.45) is 3.88. The summed E-state index contributed by atoms with van der Waals surface area (Å²) >= 11 is 0. The number of benzene rings is 4. The predicted molar refractivity (Wildman–Crippen MR) is 119 cm³/mol. The van der Waals surface area contributed by atoms with Crippen molar-refractivity contribution < 1.29 is 4.79 Å². The predicted octanol–water partition coefficient (Wildman–Crippen LogP) is 7.13. The van der Waals surface area contributed by atoms with Crippen LogP contribution in [0.15, 0.2) is 72.8 Å². The standard InChI is InChI=1S/C27H26O/c1-3-9-21-17-15-19-11-5-7-13-23(19)25(21)27(28)26-22(10-4-2)18-16-20-12-6-8-14-24(20)26/h5-8,11-18H,3-4,9-10H2,1-2H3. The van der Waals surface area contributed by atoms with Gasteiger partial charge in [-0.1, -0.05) is 99.5 Å². The smallest absolute Gasteiger partial charge is 0.194 e. The highest BCUT2D eigenvalue weighted by atomic mass is 16.1. The van der Waals surface area contributed by atoms with Gasteiger partial charge in [-0.3, -0.25) is 4.79 Å². The molecule has 0 bridgehead atoms. The maximum absolute atomic E-state index is 14.1. The SMILES string of the molecule is CCCc1ccc2ccccc2c1C(=O)c1c(CCC)ccc2ccccc12. The van der Waals surface area contributed by atoms with Gasteiger partial charge in [-0.05, 0) is 45.5 Å². The zero-order valence-corrected chi connectivity index (χ0v) is 16.7. The van der Waals surface area contributed by atoms with Crippen LogP contribution < -0.4 is 0 Å². The fourth-order valence-corrected chi connectivity index (χ4v) is 4.25. The quantitative estimate of drug-likeness (QED) is 0.332. The maximum Gasteiger partial charge on any atom is 0.194 e. The second kappa shape index (κ2) is 7.98. The number of aryl methyl sites for hydroxylation is 2. The Morgan fingerprint density at radius 3 is 1.46 bits per heavy atom. The van der Waals surface area contributed by atoms with E-state index in [2.05, 4.69) is 62.4 Å². The molecule has 0 atom stereocenters. The van der Waals surface area contributed by atoms with Gasteiger partial charge in [0, 0.05) is 11.1 Å². The monoisotopic (exact) mass is 366 g/mol. The Bertz CT molecular complexity index is 1060. The first-order valence-corrected chi connectivity index (χ1v) is 10.3. The normalized spacial score (nSPS) is 11.2. The van der Waals surface area contributed by atoms with E-state index in [4.69, 9.17) is 0 Å². The van der Waals surface area contributed by atoms with Crippen LogP contribution in [-0.2, 0) is 12.8 Å². The van der Waals surface area contributed by atoms with Crippen molar-refractivity contribution in [2.24, 2.45) is 0 Å². The Morgan fingerprint density at radius 1 is 0.607 bits per heavy atom. The number of rotatable bonds is 6. The van der Waals surface area contributed by atoms with Crippen LogP contribution in [0, 0.1) is 0 Å². The minimum absolute atomic E-state index is 0.167. The van der Waals surface area contributed by atoms with Gasteiger partial charge in [-0.25, -0.2) is 0 Å². The van der Waals surface area contributed by atoms with Crippen LogP contribution in [0.1, 0.15) is 53.7 Å². The van der Waals surface area contributed by atoms with Gasteiger partial charge in [0.1, 0.15) is 0 Å². The van der Waals surface area contributed by atoms with E-state index in [0.717, 1.165) is 69.5 Å². The van der Waals surface area contributed by atoms with E-state index >= 15 is 0 Å². The molecule has 4 aromatic rings. The summed E-state index contributed by atoms with van der Waals surface area (Å²) in [5.74, 6) is 0.167. The lowest BCUT2D eigenvalue weighted by molar-refractivity contribution is 0.104. The number of carbonyl (C=O) groups excluding carboxylic acids is 1. The highest BCUT2D eigenvalue weighted by molar-refractivity contribution is 6.22. The van der Waals surface area contributed by atoms with Crippen molar-refractivity contribution in [2.45, 2.75) is 39.5 Å². The molecule has 0 aliphatic carbocycles. The van der Waals surface area contributed by atoms with Crippen LogP contribution >= 0.6 is 0 Å². The molecule has 1 nitrogen and oxygen atoms in total. The van der Waals surface area contributed by atoms with Crippen LogP contribution in [0.3, 0.4) is 0 Å². The van der Waals surface area contributed by atoms with Gasteiger partial charge in [0.2, 0.25) is 0 Å². The van der Waals surface area contributed by atoms with Crippen LogP contribution in [0.5, 0.6) is 0 Å². The average molecular weight is 367 g/mol. The molecule has 4 rings (SSSR count). The van der Waals surface area contributed by atoms with Crippen molar-refractivity contribution >= 4 is 27.3 Å². The van der Waals surface area contributed by atoms with E-state index in [1.807, 2.05) is 24.3 Å². The summed E-state index contributed by atoms with van der Waals surface area (Å²) in [4.78, 5) is 14.1. The van der Waals surface area contributed by atoms with E-state index in [-0.39, 0.29) is 5.78 Å². The molecule has 0 aliphatic heterocycles. The topological polar surface area (TPSA) is 17.1 Å². The summed E-state index contributed by atoms with van der Waals surface area (Å²) in [7, 11) is 0. The Labute approximate surface area is 167 Å². The minimum Gasteiger partial charge on any atom is -0.289 e. The molecule has 0 radical (unpaired) electrons. The van der Waals surface area contributed by atoms with Crippen molar-refractivity contribution in [3.8, 4) is 0 Å². The molecule has 140 valence electrons. The van der Waals surface area contributed by atoms with Gasteiger partial charge in [-0.15, -0.1) is 0 Å². The molecule has 0 amide bonds. The first-order chi connectivity index (χ1) is 13.7. The third kappa shape index (κ3) is 3.22. The summed E-state index contributed by atoms with van der Waals surface area (Å²) in [6.45, 7) is 4.34. The van der Waals surface area contributed by atoms with Crippen LogP contribution in [0.4, 0.5) is 0 Å². The lowest BCUT2D eigenvalue weighted by atomic mass is 9.86. The third-order valence-electron chi connectivity index (χ3n) is 5.52. The van der Waals surface area contributed by atoms with Gasteiger partial charge >= 0.3 is 0 Å². The molecule has 0 aromatic heterocycles. The molecule has 0 saturated carbocycles. The number of hydrogen-bond donors (Lipinski definition) is 0. The lowest BCUT2D eigenvalue weighted by Crippen LogP contribution is -2.10. The third-order valence-corrected chi connectivity index (χ3v) is 5.52. The Balaban J connectivity index is 2.03. The highest BCUT2D eigenvalue weighted by Gasteiger charge is 2.21. The van der Waals surface area contributed by atoms with Crippen LogP contribution in [0.2, 0.25) is 0 Å². The second-order valence-corrected chi connectivity index (χ2v) is 7.47. The summed E-state index contributed by atoms with van der Waals surface area (Å²) in [5, 5.41) is 4.38. The summed E-state index contributed by atoms with van der Waals surface area (Å²) in [6, 6.07) is 25.1. The molecule has 0 heterocycles. The van der Waals surface area contributed by atoms with Crippen LogP contribution in [-0.4, -0.2) is 5.78 Å². The van der Waals surface area contributed by atoms with E-state index in [1.165, 1.54) is 0 Å². The summed E-state index contributed by atoms with van der Waals surface area (Å²) < 4.78 is 0. The Morgan fingerprint density at radius 2 is 1.04 bits per heavy atom. The number of carbonyl (C=O) groups is 1. The van der Waals surface area contributed by atoms with Gasteiger partial charge in [0.25, 0.3) is 0 Å². The molecule has 0 unspecified atom stereocenters. The van der Waals surface area contributed by atoms with E-state index in [0.29, 0.717) is 0 Å². The zero-order valence-electron chi connectivity index (χ0n) is 16.7. The van der Waals surface area contributed by atoms with Gasteiger partial charge in [0.15, 0.2) is 5.78 Å². The fourth-order valence-electron chi connectivity index (χ4n) is 4.25. The molecular formula is C27H26O. The number of fused-ring (bicyclic) bond motifs is 2. The van der Waals surface area contributed by atoms with E-state index < -0.39 is 0 Å². The second-order valence-electron chi connectivity index (χ2n) is 7.47. The van der Waals surface area contributed by atoms with Gasteiger partial charge in [0.05, 0.1) is 0 Å². The zero-order chi connectivity index (χ0) is 19.5. The Kier molecular flexibility index (Phi) is 5.25. The highest BCUT2D eigenvalue weighted by Crippen LogP contribution is 2.31. The first-order valence-electron chi connectivity index (χ1n) is 10.3. The fraction of sp³-hybridized carbons (Fsp3) is 0.222. The Hall–Kier alpha value is -2.93. The minimum atomic E-state index is 0.167. The molecule has 0 spiro atoms. The largest absolute Gasteiger partial charge is 0.289 e. The van der Waals surface area contributed by atoms with Crippen molar-refractivity contribution in [3.05, 3.63) is 95.1 Å². The average Bonchev–Trinajstić information content (AvgIpc) is 2.73. The van der Waals surface area contributed by atoms with E-state index in [9.17, 15) is 4.79 Å². The molecule has 0 fully saturated rings.